The third kappa shape index (κ3) is 3.98. The monoisotopic (exact) mass is 533 g/mol. The van der Waals surface area contributed by atoms with E-state index in [2.05, 4.69) is 20.2 Å². The fraction of sp³-hybridized carbons (Fsp3) is 0.0435. The van der Waals surface area contributed by atoms with Crippen LogP contribution in [0.15, 0.2) is 59.8 Å². The number of nitrogens with zero attached hydrogens (tertiary/aromatic N) is 2. The lowest BCUT2D eigenvalue weighted by Gasteiger charge is -2.15. The minimum absolute atomic E-state index is 0.0118. The topological polar surface area (TPSA) is 124 Å². The minimum Gasteiger partial charge on any atom is -0.392 e. The Bertz CT molecular complexity index is 1720. The number of hydrogen-bond donors (Lipinski definition) is 4. The number of anilines is 1. The summed E-state index contributed by atoms with van der Waals surface area (Å²) in [7, 11) is -4.46. The highest BCUT2D eigenvalue weighted by Gasteiger charge is 2.26. The molecule has 0 unspecified atom stereocenters. The summed E-state index contributed by atoms with van der Waals surface area (Å²) >= 11 is 5.89. The van der Waals surface area contributed by atoms with Gasteiger partial charge in [0, 0.05) is 28.4 Å². The fourth-order valence-electron chi connectivity index (χ4n) is 3.81. The lowest BCUT2D eigenvalue weighted by molar-refractivity contribution is 0.278. The highest BCUT2D eigenvalue weighted by Crippen LogP contribution is 2.37. The Morgan fingerprint density at radius 3 is 2.58 bits per heavy atom. The number of nitrogens with one attached hydrogen (secondary N) is 3. The summed E-state index contributed by atoms with van der Waals surface area (Å²) < 4.78 is 73.6. The quantitative estimate of drug-likeness (QED) is 0.245. The highest BCUT2D eigenvalue weighted by molar-refractivity contribution is 7.92. The molecule has 0 aliphatic heterocycles. The zero-order valence-electron chi connectivity index (χ0n) is 18.0. The standard InChI is InChI=1S/C23H15ClF3N5O3S/c24-12-2-1-11(10-33)17(9-12)36(34,35)32-16-6-5-15(25)18(20(16)27)13-3-4-14-21(19(13)26)30-31-22(14)23-28-7-8-29-23/h1-9,32-33H,10H2,(H,28,29)(H,30,31). The van der Waals surface area contributed by atoms with E-state index in [4.69, 9.17) is 11.6 Å². The van der Waals surface area contributed by atoms with Gasteiger partial charge in [-0.15, -0.1) is 0 Å². The average Bonchev–Trinajstić information content (AvgIpc) is 3.52. The molecule has 0 amide bonds. The molecule has 184 valence electrons. The molecule has 2 heterocycles. The first-order chi connectivity index (χ1) is 17.2. The van der Waals surface area contributed by atoms with Crippen molar-refractivity contribution in [2.75, 3.05) is 4.72 Å². The second-order valence-corrected chi connectivity index (χ2v) is 9.75. The first kappa shape index (κ1) is 23.9. The van der Waals surface area contributed by atoms with E-state index in [0.717, 1.165) is 18.2 Å². The molecule has 0 spiro atoms. The molecular formula is C23H15ClF3N5O3S. The predicted octanol–water partition coefficient (Wildman–Crippen LogP) is 4.98. The van der Waals surface area contributed by atoms with Crippen LogP contribution < -0.4 is 4.72 Å². The maximum Gasteiger partial charge on any atom is 0.262 e. The molecule has 36 heavy (non-hydrogen) atoms. The van der Waals surface area contributed by atoms with E-state index in [1.54, 1.807) is 6.20 Å². The Labute approximate surface area is 206 Å². The van der Waals surface area contributed by atoms with E-state index in [1.165, 1.54) is 30.5 Å². The van der Waals surface area contributed by atoms with Crippen molar-refractivity contribution in [2.45, 2.75) is 11.5 Å². The zero-order valence-corrected chi connectivity index (χ0v) is 19.6. The van der Waals surface area contributed by atoms with Gasteiger partial charge in [-0.3, -0.25) is 9.82 Å². The summed E-state index contributed by atoms with van der Waals surface area (Å²) in [6, 6.07) is 8.04. The molecule has 0 bridgehead atoms. The molecule has 4 N–H and O–H groups in total. The van der Waals surface area contributed by atoms with E-state index in [0.29, 0.717) is 16.9 Å². The van der Waals surface area contributed by atoms with Crippen LogP contribution in [-0.2, 0) is 16.6 Å². The fourth-order valence-corrected chi connectivity index (χ4v) is 5.36. The molecule has 5 aromatic rings. The number of aromatic amines is 2. The van der Waals surface area contributed by atoms with Crippen LogP contribution in [0.25, 0.3) is 33.5 Å². The zero-order chi connectivity index (χ0) is 25.6. The smallest absolute Gasteiger partial charge is 0.262 e. The number of fused-ring (bicyclic) bond motifs is 1. The molecule has 0 saturated heterocycles. The van der Waals surface area contributed by atoms with Crippen LogP contribution in [0.1, 0.15) is 5.56 Å². The van der Waals surface area contributed by atoms with Gasteiger partial charge in [-0.2, -0.15) is 5.10 Å². The summed E-state index contributed by atoms with van der Waals surface area (Å²) in [5, 5.41) is 16.4. The molecule has 0 aliphatic rings. The van der Waals surface area contributed by atoms with Crippen molar-refractivity contribution in [3.05, 3.63) is 82.9 Å². The summed E-state index contributed by atoms with van der Waals surface area (Å²) in [5.41, 5.74) is -1.66. The molecular weight excluding hydrogens is 519 g/mol. The molecule has 0 fully saturated rings. The summed E-state index contributed by atoms with van der Waals surface area (Å²) in [6.45, 7) is -0.625. The first-order valence-corrected chi connectivity index (χ1v) is 12.1. The largest absolute Gasteiger partial charge is 0.392 e. The van der Waals surface area contributed by atoms with Gasteiger partial charge in [-0.25, -0.2) is 26.6 Å². The number of aliphatic hydroxyl groups is 1. The van der Waals surface area contributed by atoms with Gasteiger partial charge in [-0.1, -0.05) is 23.7 Å². The van der Waals surface area contributed by atoms with Crippen LogP contribution in [0.5, 0.6) is 0 Å². The Kier molecular flexibility index (Phi) is 5.94. The number of sulfonamides is 1. The predicted molar refractivity (Wildman–Crippen MR) is 127 cm³/mol. The number of aliphatic hydroxyl groups excluding tert-OH is 1. The minimum atomic E-state index is -4.46. The lowest BCUT2D eigenvalue weighted by Crippen LogP contribution is -2.16. The van der Waals surface area contributed by atoms with Crippen molar-refractivity contribution < 1.29 is 26.7 Å². The van der Waals surface area contributed by atoms with E-state index in [9.17, 15) is 17.9 Å². The molecule has 0 saturated carbocycles. The van der Waals surface area contributed by atoms with Gasteiger partial charge in [0.2, 0.25) is 0 Å². The van der Waals surface area contributed by atoms with Crippen LogP contribution in [0.3, 0.4) is 0 Å². The summed E-state index contributed by atoms with van der Waals surface area (Å²) in [4.78, 5) is 6.52. The summed E-state index contributed by atoms with van der Waals surface area (Å²) in [5.74, 6) is -3.08. The Morgan fingerprint density at radius 1 is 1.06 bits per heavy atom. The third-order valence-corrected chi connectivity index (χ3v) is 7.18. The van der Waals surface area contributed by atoms with Crippen LogP contribution in [-0.4, -0.2) is 33.7 Å². The number of rotatable bonds is 6. The van der Waals surface area contributed by atoms with Crippen LogP contribution in [0.4, 0.5) is 18.9 Å². The molecule has 3 aromatic carbocycles. The van der Waals surface area contributed by atoms with Crippen molar-refractivity contribution in [1.82, 2.24) is 20.2 Å². The molecule has 0 aliphatic carbocycles. The molecule has 13 heteroatoms. The number of halogens is 4. The number of aromatic nitrogens is 4. The molecule has 5 rings (SSSR count). The van der Waals surface area contributed by atoms with Crippen molar-refractivity contribution in [3.63, 3.8) is 0 Å². The maximum absolute atomic E-state index is 15.5. The first-order valence-electron chi connectivity index (χ1n) is 10.3. The van der Waals surface area contributed by atoms with Crippen molar-refractivity contribution in [2.24, 2.45) is 0 Å². The van der Waals surface area contributed by atoms with Gasteiger partial charge in [-0.05, 0) is 35.9 Å². The molecule has 2 aromatic heterocycles. The van der Waals surface area contributed by atoms with Crippen molar-refractivity contribution in [1.29, 1.82) is 0 Å². The van der Waals surface area contributed by atoms with Gasteiger partial charge in [0.1, 0.15) is 17.0 Å². The molecule has 0 atom stereocenters. The van der Waals surface area contributed by atoms with Crippen LogP contribution in [0, 0.1) is 17.5 Å². The number of imidazole rings is 1. The second kappa shape index (κ2) is 8.97. The van der Waals surface area contributed by atoms with Crippen molar-refractivity contribution >= 4 is 38.2 Å². The Hall–Kier alpha value is -3.87. The van der Waals surface area contributed by atoms with Gasteiger partial charge >= 0.3 is 0 Å². The van der Waals surface area contributed by atoms with E-state index in [1.807, 2.05) is 4.72 Å². The lowest BCUT2D eigenvalue weighted by atomic mass is 10.0. The van der Waals surface area contributed by atoms with E-state index < -0.39 is 55.8 Å². The molecule has 8 nitrogen and oxygen atoms in total. The Balaban J connectivity index is 1.60. The number of hydrogen-bond acceptors (Lipinski definition) is 5. The SMILES string of the molecule is O=S(=O)(Nc1ccc(F)c(-c2ccc3c(-c4ncc[nH]4)n[nH]c3c2F)c1F)c1cc(Cl)ccc1CO. The van der Waals surface area contributed by atoms with E-state index >= 15 is 8.78 Å². The van der Waals surface area contributed by atoms with Crippen LogP contribution >= 0.6 is 11.6 Å². The normalized spacial score (nSPS) is 11.8. The molecule has 0 radical (unpaired) electrons. The van der Waals surface area contributed by atoms with Gasteiger partial charge < -0.3 is 10.1 Å². The average molecular weight is 534 g/mol. The van der Waals surface area contributed by atoms with Gasteiger partial charge in [0.15, 0.2) is 17.5 Å². The number of H-pyrrole nitrogens is 2. The number of benzene rings is 3. The Morgan fingerprint density at radius 2 is 1.86 bits per heavy atom. The third-order valence-electron chi connectivity index (χ3n) is 5.49. The van der Waals surface area contributed by atoms with Gasteiger partial charge in [0.25, 0.3) is 10.0 Å². The highest BCUT2D eigenvalue weighted by atomic mass is 35.5. The van der Waals surface area contributed by atoms with Crippen LogP contribution in [0.2, 0.25) is 5.02 Å². The second-order valence-electron chi connectivity index (χ2n) is 7.66. The maximum atomic E-state index is 15.5. The van der Waals surface area contributed by atoms with E-state index in [-0.39, 0.29) is 16.1 Å². The summed E-state index contributed by atoms with van der Waals surface area (Å²) in [6.07, 6.45) is 3.05. The van der Waals surface area contributed by atoms with Crippen molar-refractivity contribution in [3.8, 4) is 22.6 Å². The van der Waals surface area contributed by atoms with Gasteiger partial charge in [0.05, 0.1) is 22.8 Å².